The van der Waals surface area contributed by atoms with Gasteiger partial charge in [0.15, 0.2) is 0 Å². The van der Waals surface area contributed by atoms with Crippen molar-refractivity contribution in [2.24, 2.45) is 13.0 Å². The van der Waals surface area contributed by atoms with Crippen molar-refractivity contribution in [1.29, 1.82) is 0 Å². The van der Waals surface area contributed by atoms with E-state index >= 15 is 0 Å². The molecule has 0 radical (unpaired) electrons. The van der Waals surface area contributed by atoms with Gasteiger partial charge in [-0.1, -0.05) is 0 Å². The lowest BCUT2D eigenvalue weighted by Crippen LogP contribution is -2.42. The highest BCUT2D eigenvalue weighted by Gasteiger charge is 2.32. The molecule has 0 aromatic carbocycles. The number of aliphatic carboxylic acids is 1. The van der Waals surface area contributed by atoms with E-state index in [9.17, 15) is 9.59 Å². The van der Waals surface area contributed by atoms with Crippen LogP contribution in [0.2, 0.25) is 0 Å². The molecule has 1 aliphatic rings. The number of hydrogen-bond acceptors (Lipinski definition) is 3. The van der Waals surface area contributed by atoms with Crippen molar-refractivity contribution >= 4 is 17.6 Å². The highest BCUT2D eigenvalue weighted by atomic mass is 16.4. The number of piperidine rings is 1. The Morgan fingerprint density at radius 1 is 1.59 bits per heavy atom. The summed E-state index contributed by atoms with van der Waals surface area (Å²) < 4.78 is 1.63. The van der Waals surface area contributed by atoms with Crippen molar-refractivity contribution < 1.29 is 14.7 Å². The molecule has 92 valence electrons. The third-order valence-corrected chi connectivity index (χ3v) is 3.04. The fraction of sp³-hybridized carbons (Fsp3) is 0.545. The molecule has 0 aliphatic carbocycles. The number of carbonyl (C=O) groups excluding carboxylic acids is 1. The Bertz CT molecular complexity index is 467. The zero-order valence-corrected chi connectivity index (χ0v) is 9.88. The molecule has 0 spiro atoms. The first kappa shape index (κ1) is 11.6. The average Bonchev–Trinajstić information content (AvgIpc) is 2.58. The number of carbonyl (C=O) groups is 2. The summed E-state index contributed by atoms with van der Waals surface area (Å²) in [5.74, 6) is -1.35. The van der Waals surface area contributed by atoms with E-state index in [-0.39, 0.29) is 18.9 Å². The van der Waals surface area contributed by atoms with Crippen molar-refractivity contribution in [2.45, 2.75) is 19.8 Å². The van der Waals surface area contributed by atoms with Crippen LogP contribution in [-0.4, -0.2) is 33.3 Å². The summed E-state index contributed by atoms with van der Waals surface area (Å²) in [7, 11) is 1.78. The van der Waals surface area contributed by atoms with E-state index in [4.69, 9.17) is 5.11 Å². The van der Waals surface area contributed by atoms with Crippen LogP contribution < -0.4 is 4.90 Å². The van der Waals surface area contributed by atoms with Crippen LogP contribution in [0.3, 0.4) is 0 Å². The van der Waals surface area contributed by atoms with Gasteiger partial charge in [-0.2, -0.15) is 5.10 Å². The second kappa shape index (κ2) is 4.20. The minimum Gasteiger partial charge on any atom is -0.481 e. The summed E-state index contributed by atoms with van der Waals surface area (Å²) in [6, 6.07) is 0. The number of carboxylic acids is 1. The molecule has 2 heterocycles. The fourth-order valence-corrected chi connectivity index (χ4v) is 2.13. The molecule has 1 unspecified atom stereocenters. The van der Waals surface area contributed by atoms with E-state index in [0.717, 1.165) is 5.69 Å². The second-order valence-electron chi connectivity index (χ2n) is 4.35. The fourth-order valence-electron chi connectivity index (χ4n) is 2.13. The maximum Gasteiger partial charge on any atom is 0.308 e. The van der Waals surface area contributed by atoms with Crippen LogP contribution in [0.4, 0.5) is 5.69 Å². The molecule has 0 bridgehead atoms. The minimum atomic E-state index is -0.843. The third kappa shape index (κ3) is 2.15. The van der Waals surface area contributed by atoms with Gasteiger partial charge in [-0.3, -0.25) is 14.3 Å². The van der Waals surface area contributed by atoms with Crippen LogP contribution in [0.25, 0.3) is 0 Å². The second-order valence-corrected chi connectivity index (χ2v) is 4.35. The first-order valence-corrected chi connectivity index (χ1v) is 5.52. The smallest absolute Gasteiger partial charge is 0.308 e. The van der Waals surface area contributed by atoms with E-state index in [1.165, 1.54) is 4.90 Å². The number of hydrogen-bond donors (Lipinski definition) is 1. The molecule has 1 N–H and O–H groups in total. The Kier molecular flexibility index (Phi) is 2.87. The Hall–Kier alpha value is -1.85. The lowest BCUT2D eigenvalue weighted by molar-refractivity contribution is -0.142. The Morgan fingerprint density at radius 2 is 2.29 bits per heavy atom. The van der Waals surface area contributed by atoms with Gasteiger partial charge >= 0.3 is 5.97 Å². The lowest BCUT2D eigenvalue weighted by Gasteiger charge is -2.30. The van der Waals surface area contributed by atoms with Crippen LogP contribution in [0.1, 0.15) is 18.5 Å². The van der Waals surface area contributed by atoms with Gasteiger partial charge in [-0.15, -0.1) is 0 Å². The molecule has 0 saturated carbocycles. The predicted molar refractivity (Wildman–Crippen MR) is 60.7 cm³/mol. The molecule has 1 aromatic heterocycles. The number of aryl methyl sites for hydroxylation is 2. The Balaban J connectivity index is 2.26. The van der Waals surface area contributed by atoms with E-state index in [2.05, 4.69) is 5.10 Å². The average molecular weight is 237 g/mol. The zero-order valence-electron chi connectivity index (χ0n) is 9.88. The monoisotopic (exact) mass is 237 g/mol. The summed E-state index contributed by atoms with van der Waals surface area (Å²) in [5.41, 5.74) is 1.45. The summed E-state index contributed by atoms with van der Waals surface area (Å²) in [6.45, 7) is 2.05. The molecule has 1 fully saturated rings. The topological polar surface area (TPSA) is 75.4 Å². The molecular formula is C11H15N3O3. The molecule has 1 amide bonds. The van der Waals surface area contributed by atoms with E-state index in [1.54, 1.807) is 17.9 Å². The zero-order chi connectivity index (χ0) is 12.6. The molecule has 6 nitrogen and oxygen atoms in total. The van der Waals surface area contributed by atoms with Gasteiger partial charge in [0.05, 0.1) is 17.3 Å². The van der Waals surface area contributed by atoms with Crippen molar-refractivity contribution in [2.75, 3.05) is 11.4 Å². The molecule has 6 heteroatoms. The van der Waals surface area contributed by atoms with Gasteiger partial charge in [0.1, 0.15) is 0 Å². The van der Waals surface area contributed by atoms with Crippen LogP contribution in [0, 0.1) is 12.8 Å². The van der Waals surface area contributed by atoms with E-state index in [0.29, 0.717) is 12.1 Å². The quantitative estimate of drug-likeness (QED) is 0.815. The number of carboxylic acid groups (broad SMARTS) is 1. The van der Waals surface area contributed by atoms with Crippen LogP contribution in [-0.2, 0) is 16.6 Å². The van der Waals surface area contributed by atoms with Gasteiger partial charge < -0.3 is 10.0 Å². The summed E-state index contributed by atoms with van der Waals surface area (Å²) in [4.78, 5) is 24.3. The van der Waals surface area contributed by atoms with Crippen LogP contribution in [0.15, 0.2) is 6.20 Å². The molecule has 17 heavy (non-hydrogen) atoms. The lowest BCUT2D eigenvalue weighted by atomic mass is 9.97. The van der Waals surface area contributed by atoms with Crippen molar-refractivity contribution in [1.82, 2.24) is 9.78 Å². The number of nitrogens with zero attached hydrogens (tertiary/aromatic N) is 3. The van der Waals surface area contributed by atoms with Crippen molar-refractivity contribution in [3.8, 4) is 0 Å². The highest BCUT2D eigenvalue weighted by Crippen LogP contribution is 2.26. The molecule has 1 aliphatic heterocycles. The number of aromatic nitrogens is 2. The number of rotatable bonds is 2. The predicted octanol–water partition coefficient (Wildman–Crippen LogP) is 0.556. The van der Waals surface area contributed by atoms with Gasteiger partial charge in [-0.25, -0.2) is 0 Å². The highest BCUT2D eigenvalue weighted by molar-refractivity contribution is 5.95. The first-order valence-electron chi connectivity index (χ1n) is 5.52. The van der Waals surface area contributed by atoms with Gasteiger partial charge in [0, 0.05) is 26.2 Å². The molecule has 2 rings (SSSR count). The Labute approximate surface area is 98.8 Å². The van der Waals surface area contributed by atoms with Crippen molar-refractivity contribution in [3.63, 3.8) is 0 Å². The third-order valence-electron chi connectivity index (χ3n) is 3.04. The molecule has 1 saturated heterocycles. The van der Waals surface area contributed by atoms with E-state index < -0.39 is 11.9 Å². The van der Waals surface area contributed by atoms with Gasteiger partial charge in [0.2, 0.25) is 5.91 Å². The largest absolute Gasteiger partial charge is 0.481 e. The SMILES string of the molecule is Cc1nn(C)cc1N1CC(C(=O)O)CCC1=O. The summed E-state index contributed by atoms with van der Waals surface area (Å²) >= 11 is 0. The number of amides is 1. The standard InChI is InChI=1S/C11H15N3O3/c1-7-9(6-13(2)12-7)14-5-8(11(16)17)3-4-10(14)15/h6,8H,3-5H2,1-2H3,(H,16,17). The first-order chi connectivity index (χ1) is 7.99. The normalized spacial score (nSPS) is 20.7. The molecule has 1 atom stereocenters. The van der Waals surface area contributed by atoms with Crippen molar-refractivity contribution in [3.05, 3.63) is 11.9 Å². The van der Waals surface area contributed by atoms with E-state index in [1.807, 2.05) is 6.92 Å². The maximum absolute atomic E-state index is 11.8. The van der Waals surface area contributed by atoms with Crippen LogP contribution in [0.5, 0.6) is 0 Å². The van der Waals surface area contributed by atoms with Crippen LogP contribution >= 0.6 is 0 Å². The molecular weight excluding hydrogens is 222 g/mol. The van der Waals surface area contributed by atoms with Gasteiger partial charge in [0.25, 0.3) is 0 Å². The summed E-state index contributed by atoms with van der Waals surface area (Å²) in [5, 5.41) is 13.2. The maximum atomic E-state index is 11.8. The Morgan fingerprint density at radius 3 is 2.82 bits per heavy atom. The summed E-state index contributed by atoms with van der Waals surface area (Å²) in [6.07, 6.45) is 2.45. The minimum absolute atomic E-state index is 0.0291. The number of anilines is 1. The van der Waals surface area contributed by atoms with Gasteiger partial charge in [-0.05, 0) is 13.3 Å². The molecule has 1 aromatic rings.